The molecule has 0 aliphatic heterocycles. The number of hydrogen-bond donors (Lipinski definition) is 0. The number of methoxy groups -OCH3 is 1. The predicted octanol–water partition coefficient (Wildman–Crippen LogP) is 4.01. The number of carbonyl (C=O) groups is 1. The van der Waals surface area contributed by atoms with E-state index in [-0.39, 0.29) is 16.2 Å². The van der Waals surface area contributed by atoms with Crippen molar-refractivity contribution in [3.05, 3.63) is 41.0 Å². The van der Waals surface area contributed by atoms with Crippen LogP contribution in [0.15, 0.2) is 29.8 Å². The second kappa shape index (κ2) is 5.44. The summed E-state index contributed by atoms with van der Waals surface area (Å²) in [6, 6.07) is 5.38. The molecule has 98 valence electrons. The van der Waals surface area contributed by atoms with Crippen molar-refractivity contribution >= 4 is 22.6 Å². The van der Waals surface area contributed by atoms with E-state index in [9.17, 15) is 18.0 Å². The number of rotatable bonds is 2. The quantitative estimate of drug-likeness (QED) is 0.764. The van der Waals surface area contributed by atoms with Crippen LogP contribution >= 0.6 is 11.6 Å². The monoisotopic (exact) mass is 278 g/mol. The van der Waals surface area contributed by atoms with Gasteiger partial charge in [0, 0.05) is 5.57 Å². The first-order chi connectivity index (χ1) is 8.27. The highest BCUT2D eigenvalue weighted by molar-refractivity contribution is 6.49. The standard InChI is InChI=1S/C12H10ClF3O2/c1-7(12(14,15)16)10(13)8-3-5-9(6-4-8)11(17)18-2/h3-6H,1-2H3/b10-7-. The molecule has 1 rings (SSSR count). The van der Waals surface area contributed by atoms with Gasteiger partial charge in [0.05, 0.1) is 17.7 Å². The molecule has 0 heterocycles. The van der Waals surface area contributed by atoms with Crippen LogP contribution in [-0.4, -0.2) is 19.3 Å². The minimum atomic E-state index is -4.47. The van der Waals surface area contributed by atoms with Gasteiger partial charge < -0.3 is 4.74 Å². The maximum atomic E-state index is 12.4. The van der Waals surface area contributed by atoms with Gasteiger partial charge in [-0.3, -0.25) is 0 Å². The first-order valence-corrected chi connectivity index (χ1v) is 5.27. The van der Waals surface area contributed by atoms with Gasteiger partial charge in [-0.2, -0.15) is 13.2 Å². The molecule has 0 spiro atoms. The summed E-state index contributed by atoms with van der Waals surface area (Å²) >= 11 is 5.65. The zero-order valence-electron chi connectivity index (χ0n) is 9.64. The molecule has 0 N–H and O–H groups in total. The zero-order valence-corrected chi connectivity index (χ0v) is 10.4. The summed E-state index contributed by atoms with van der Waals surface area (Å²) in [7, 11) is 1.22. The van der Waals surface area contributed by atoms with Crippen molar-refractivity contribution in [2.24, 2.45) is 0 Å². The van der Waals surface area contributed by atoms with Gasteiger partial charge >= 0.3 is 12.1 Å². The normalized spacial score (nSPS) is 13.0. The fraction of sp³-hybridized carbons (Fsp3) is 0.250. The van der Waals surface area contributed by atoms with E-state index in [2.05, 4.69) is 4.74 Å². The van der Waals surface area contributed by atoms with Crippen molar-refractivity contribution < 1.29 is 22.7 Å². The van der Waals surface area contributed by atoms with E-state index in [1.807, 2.05) is 0 Å². The molecular formula is C12H10ClF3O2. The number of allylic oxidation sites excluding steroid dienone is 1. The lowest BCUT2D eigenvalue weighted by Crippen LogP contribution is -2.10. The number of esters is 1. The van der Waals surface area contributed by atoms with Crippen molar-refractivity contribution in [1.82, 2.24) is 0 Å². The SMILES string of the molecule is COC(=O)c1ccc(/C(Cl)=C(\C)C(F)(F)F)cc1. The first-order valence-electron chi connectivity index (χ1n) is 4.89. The number of benzene rings is 1. The van der Waals surface area contributed by atoms with E-state index in [1.165, 1.54) is 31.4 Å². The van der Waals surface area contributed by atoms with Crippen molar-refractivity contribution in [3.63, 3.8) is 0 Å². The van der Waals surface area contributed by atoms with Gasteiger partial charge in [-0.15, -0.1) is 0 Å². The van der Waals surface area contributed by atoms with Crippen LogP contribution in [0.4, 0.5) is 13.2 Å². The van der Waals surface area contributed by atoms with Crippen LogP contribution in [0.5, 0.6) is 0 Å². The molecule has 0 saturated carbocycles. The predicted molar refractivity (Wildman–Crippen MR) is 62.3 cm³/mol. The van der Waals surface area contributed by atoms with Gasteiger partial charge in [-0.25, -0.2) is 4.79 Å². The lowest BCUT2D eigenvalue weighted by Gasteiger charge is -2.10. The molecule has 0 aliphatic rings. The first kappa shape index (κ1) is 14.6. The summed E-state index contributed by atoms with van der Waals surface area (Å²) in [5, 5.41) is -0.390. The molecular weight excluding hydrogens is 269 g/mol. The Bertz CT molecular complexity index is 475. The molecule has 1 aromatic rings. The van der Waals surface area contributed by atoms with Gasteiger partial charge in [0.1, 0.15) is 0 Å². The maximum Gasteiger partial charge on any atom is 0.413 e. The topological polar surface area (TPSA) is 26.3 Å². The zero-order chi connectivity index (χ0) is 13.9. The minimum Gasteiger partial charge on any atom is -0.465 e. The highest BCUT2D eigenvalue weighted by Crippen LogP contribution is 2.34. The second-order valence-electron chi connectivity index (χ2n) is 3.51. The summed E-state index contributed by atoms with van der Waals surface area (Å²) < 4.78 is 41.8. The summed E-state index contributed by atoms with van der Waals surface area (Å²) in [5.74, 6) is -0.561. The van der Waals surface area contributed by atoms with Gasteiger partial charge in [0.25, 0.3) is 0 Å². The van der Waals surface area contributed by atoms with Gasteiger partial charge in [-0.05, 0) is 24.6 Å². The second-order valence-corrected chi connectivity index (χ2v) is 3.88. The van der Waals surface area contributed by atoms with Crippen LogP contribution in [0.25, 0.3) is 5.03 Å². The van der Waals surface area contributed by atoms with Crippen molar-refractivity contribution in [2.75, 3.05) is 7.11 Å². The largest absolute Gasteiger partial charge is 0.465 e. The lowest BCUT2D eigenvalue weighted by atomic mass is 10.1. The average Bonchev–Trinajstić information content (AvgIpc) is 2.35. The highest BCUT2D eigenvalue weighted by Gasteiger charge is 2.32. The van der Waals surface area contributed by atoms with Crippen molar-refractivity contribution in [3.8, 4) is 0 Å². The van der Waals surface area contributed by atoms with E-state index < -0.39 is 17.7 Å². The number of alkyl halides is 3. The molecule has 0 atom stereocenters. The van der Waals surface area contributed by atoms with Crippen LogP contribution in [0.1, 0.15) is 22.8 Å². The molecule has 2 nitrogen and oxygen atoms in total. The van der Waals surface area contributed by atoms with E-state index >= 15 is 0 Å². The maximum absolute atomic E-state index is 12.4. The molecule has 0 fully saturated rings. The van der Waals surface area contributed by atoms with Crippen LogP contribution in [-0.2, 0) is 4.74 Å². The molecule has 0 radical (unpaired) electrons. The minimum absolute atomic E-state index is 0.194. The van der Waals surface area contributed by atoms with Gasteiger partial charge in [-0.1, -0.05) is 23.7 Å². The fourth-order valence-corrected chi connectivity index (χ4v) is 1.44. The summed E-state index contributed by atoms with van der Waals surface area (Å²) in [4.78, 5) is 11.1. The van der Waals surface area contributed by atoms with E-state index in [1.54, 1.807) is 0 Å². The molecule has 0 unspecified atom stereocenters. The van der Waals surface area contributed by atoms with Crippen molar-refractivity contribution in [2.45, 2.75) is 13.1 Å². The lowest BCUT2D eigenvalue weighted by molar-refractivity contribution is -0.0905. The van der Waals surface area contributed by atoms with Crippen molar-refractivity contribution in [1.29, 1.82) is 0 Å². The van der Waals surface area contributed by atoms with Crippen LogP contribution in [0.3, 0.4) is 0 Å². The number of halogens is 4. The van der Waals surface area contributed by atoms with Gasteiger partial charge in [0.2, 0.25) is 0 Å². The Balaban J connectivity index is 3.10. The fourth-order valence-electron chi connectivity index (χ4n) is 1.21. The Morgan fingerprint density at radius 3 is 2.00 bits per heavy atom. The molecule has 0 aromatic heterocycles. The summed E-state index contributed by atoms with van der Waals surface area (Å²) in [5.41, 5.74) is -0.440. The third kappa shape index (κ3) is 3.26. The number of ether oxygens (including phenoxy) is 1. The molecule has 0 bridgehead atoms. The molecule has 18 heavy (non-hydrogen) atoms. The molecule has 6 heteroatoms. The van der Waals surface area contributed by atoms with Crippen LogP contribution in [0, 0.1) is 0 Å². The molecule has 1 aromatic carbocycles. The Morgan fingerprint density at radius 2 is 1.61 bits per heavy atom. The third-order valence-electron chi connectivity index (χ3n) is 2.31. The Morgan fingerprint density at radius 1 is 1.17 bits per heavy atom. The highest BCUT2D eigenvalue weighted by atomic mass is 35.5. The summed E-state index contributed by atoms with van der Waals surface area (Å²) in [6.07, 6.45) is -4.47. The summed E-state index contributed by atoms with van der Waals surface area (Å²) in [6.45, 7) is 0.899. The third-order valence-corrected chi connectivity index (χ3v) is 2.82. The Hall–Kier alpha value is -1.49. The number of hydrogen-bond acceptors (Lipinski definition) is 2. The molecule has 0 amide bonds. The Kier molecular flexibility index (Phi) is 4.40. The Labute approximate surface area is 107 Å². The van der Waals surface area contributed by atoms with Gasteiger partial charge in [0.15, 0.2) is 0 Å². The van der Waals surface area contributed by atoms with Crippen LogP contribution in [0.2, 0.25) is 0 Å². The van der Waals surface area contributed by atoms with E-state index in [4.69, 9.17) is 11.6 Å². The molecule has 0 aliphatic carbocycles. The average molecular weight is 279 g/mol. The van der Waals surface area contributed by atoms with E-state index in [0.717, 1.165) is 6.92 Å². The van der Waals surface area contributed by atoms with Crippen LogP contribution < -0.4 is 0 Å². The molecule has 0 saturated heterocycles. The van der Waals surface area contributed by atoms with E-state index in [0.29, 0.717) is 0 Å². The number of carbonyl (C=O) groups excluding carboxylic acids is 1. The smallest absolute Gasteiger partial charge is 0.413 e.